The van der Waals surface area contributed by atoms with E-state index < -0.39 is 18.5 Å². The fraction of sp³-hybridized carbons (Fsp3) is 0.250. The molecule has 0 atom stereocenters. The van der Waals surface area contributed by atoms with E-state index in [0.717, 1.165) is 0 Å². The van der Waals surface area contributed by atoms with Crippen molar-refractivity contribution in [3.63, 3.8) is 0 Å². The van der Waals surface area contributed by atoms with E-state index in [9.17, 15) is 14.4 Å². The molecule has 0 aliphatic rings. The van der Waals surface area contributed by atoms with Gasteiger partial charge in [0, 0.05) is 30.0 Å². The Morgan fingerprint density at radius 2 is 1.67 bits per heavy atom. The lowest BCUT2D eigenvalue weighted by molar-refractivity contribution is -0.119. The van der Waals surface area contributed by atoms with E-state index in [1.54, 1.807) is 41.3 Å². The number of nitrogens with one attached hydrogen (secondary N) is 1. The zero-order valence-electron chi connectivity index (χ0n) is 15.4. The van der Waals surface area contributed by atoms with E-state index in [0.29, 0.717) is 35.6 Å². The number of anilines is 2. The molecule has 27 heavy (non-hydrogen) atoms. The van der Waals surface area contributed by atoms with Gasteiger partial charge in [-0.25, -0.2) is 4.79 Å². The lowest BCUT2D eigenvalue weighted by Gasteiger charge is -2.19. The standard InChI is InChI=1S/C20H23N3O4/c1-3-23(4-2)19(25)15-6-5-7-17(12-15)22-18(24)13-27-20(26)14-8-10-16(21)11-9-14/h5-12H,3-4,13,21H2,1-2H3,(H,22,24). The highest BCUT2D eigenvalue weighted by molar-refractivity contribution is 5.98. The summed E-state index contributed by atoms with van der Waals surface area (Å²) in [5.74, 6) is -1.22. The quantitative estimate of drug-likeness (QED) is 0.577. The third-order valence-electron chi connectivity index (χ3n) is 3.92. The molecular formula is C20H23N3O4. The molecule has 0 spiro atoms. The van der Waals surface area contributed by atoms with Gasteiger partial charge in [-0.2, -0.15) is 0 Å². The zero-order valence-corrected chi connectivity index (χ0v) is 15.4. The first kappa shape index (κ1) is 20.0. The summed E-state index contributed by atoms with van der Waals surface area (Å²) in [5, 5.41) is 2.62. The summed E-state index contributed by atoms with van der Waals surface area (Å²) in [7, 11) is 0. The number of nitrogen functional groups attached to an aromatic ring is 1. The van der Waals surface area contributed by atoms with Crippen molar-refractivity contribution in [3.8, 4) is 0 Å². The molecule has 0 heterocycles. The summed E-state index contributed by atoms with van der Waals surface area (Å²) in [6.45, 7) is 4.59. The summed E-state index contributed by atoms with van der Waals surface area (Å²) < 4.78 is 4.99. The SMILES string of the molecule is CCN(CC)C(=O)c1cccc(NC(=O)COC(=O)c2ccc(N)cc2)c1. The number of amides is 2. The molecule has 0 aliphatic heterocycles. The number of ether oxygens (including phenoxy) is 1. The molecule has 7 heteroatoms. The molecule has 2 aromatic carbocycles. The van der Waals surface area contributed by atoms with E-state index >= 15 is 0 Å². The maximum Gasteiger partial charge on any atom is 0.338 e. The molecule has 0 fully saturated rings. The van der Waals surface area contributed by atoms with Gasteiger partial charge in [0.1, 0.15) is 0 Å². The normalized spacial score (nSPS) is 10.1. The van der Waals surface area contributed by atoms with Crippen LogP contribution in [0.15, 0.2) is 48.5 Å². The largest absolute Gasteiger partial charge is 0.452 e. The minimum atomic E-state index is -0.615. The number of nitrogens with two attached hydrogens (primary N) is 1. The highest BCUT2D eigenvalue weighted by Gasteiger charge is 2.14. The third-order valence-corrected chi connectivity index (χ3v) is 3.92. The van der Waals surface area contributed by atoms with Gasteiger partial charge in [0.25, 0.3) is 11.8 Å². The van der Waals surface area contributed by atoms with Crippen molar-refractivity contribution in [2.45, 2.75) is 13.8 Å². The molecule has 142 valence electrons. The van der Waals surface area contributed by atoms with Gasteiger partial charge in [0.2, 0.25) is 0 Å². The lowest BCUT2D eigenvalue weighted by Crippen LogP contribution is -2.30. The van der Waals surface area contributed by atoms with Gasteiger partial charge in [0.15, 0.2) is 6.61 Å². The Balaban J connectivity index is 1.93. The van der Waals surface area contributed by atoms with E-state index in [4.69, 9.17) is 10.5 Å². The molecule has 0 unspecified atom stereocenters. The molecule has 0 saturated heterocycles. The second-order valence-electron chi connectivity index (χ2n) is 5.80. The second-order valence-corrected chi connectivity index (χ2v) is 5.80. The molecule has 3 N–H and O–H groups in total. The van der Waals surface area contributed by atoms with Crippen LogP contribution in [0.1, 0.15) is 34.6 Å². The van der Waals surface area contributed by atoms with Gasteiger partial charge in [-0.3, -0.25) is 9.59 Å². The Labute approximate surface area is 158 Å². The van der Waals surface area contributed by atoms with E-state index in [2.05, 4.69) is 5.32 Å². The molecule has 2 aromatic rings. The third kappa shape index (κ3) is 5.57. The number of carbonyl (C=O) groups excluding carboxylic acids is 3. The van der Waals surface area contributed by atoms with Crippen molar-refractivity contribution < 1.29 is 19.1 Å². The van der Waals surface area contributed by atoms with Gasteiger partial charge in [-0.05, 0) is 56.3 Å². The first-order valence-electron chi connectivity index (χ1n) is 8.66. The lowest BCUT2D eigenvalue weighted by atomic mass is 10.1. The fourth-order valence-electron chi connectivity index (χ4n) is 2.45. The van der Waals surface area contributed by atoms with Gasteiger partial charge in [0.05, 0.1) is 5.56 Å². The summed E-state index contributed by atoms with van der Waals surface area (Å²) in [6.07, 6.45) is 0. The predicted octanol–water partition coefficient (Wildman–Crippen LogP) is 2.55. The average Bonchev–Trinajstić information content (AvgIpc) is 2.67. The van der Waals surface area contributed by atoms with Crippen LogP contribution in [0.4, 0.5) is 11.4 Å². The highest BCUT2D eigenvalue weighted by atomic mass is 16.5. The minimum absolute atomic E-state index is 0.106. The van der Waals surface area contributed by atoms with Crippen molar-refractivity contribution in [1.82, 2.24) is 4.90 Å². The topological polar surface area (TPSA) is 102 Å². The molecule has 0 radical (unpaired) electrons. The first-order valence-corrected chi connectivity index (χ1v) is 8.66. The molecule has 7 nitrogen and oxygen atoms in total. The van der Waals surface area contributed by atoms with Crippen molar-refractivity contribution in [2.24, 2.45) is 0 Å². The van der Waals surface area contributed by atoms with Crippen molar-refractivity contribution in [2.75, 3.05) is 30.7 Å². The van der Waals surface area contributed by atoms with Crippen LogP contribution in [0.5, 0.6) is 0 Å². The molecule has 0 bridgehead atoms. The summed E-state index contributed by atoms with van der Waals surface area (Å²) >= 11 is 0. The number of hydrogen-bond donors (Lipinski definition) is 2. The van der Waals surface area contributed by atoms with Crippen LogP contribution >= 0.6 is 0 Å². The molecule has 0 saturated carbocycles. The number of benzene rings is 2. The number of carbonyl (C=O) groups is 3. The maximum atomic E-state index is 12.4. The highest BCUT2D eigenvalue weighted by Crippen LogP contribution is 2.13. The van der Waals surface area contributed by atoms with Crippen LogP contribution in [0.25, 0.3) is 0 Å². The number of rotatable bonds is 7. The molecule has 2 rings (SSSR count). The van der Waals surface area contributed by atoms with Gasteiger partial charge < -0.3 is 20.7 Å². The van der Waals surface area contributed by atoms with E-state index in [-0.39, 0.29) is 5.91 Å². The second kappa shape index (κ2) is 9.38. The van der Waals surface area contributed by atoms with Crippen LogP contribution in [0, 0.1) is 0 Å². The Bertz CT molecular complexity index is 814. The fourth-order valence-corrected chi connectivity index (χ4v) is 2.45. The number of hydrogen-bond acceptors (Lipinski definition) is 5. The van der Waals surface area contributed by atoms with E-state index in [1.165, 1.54) is 12.1 Å². The van der Waals surface area contributed by atoms with E-state index in [1.807, 2.05) is 13.8 Å². The molecule has 2 amide bonds. The van der Waals surface area contributed by atoms with Gasteiger partial charge >= 0.3 is 5.97 Å². The molecular weight excluding hydrogens is 346 g/mol. The smallest absolute Gasteiger partial charge is 0.338 e. The first-order chi connectivity index (χ1) is 12.9. The summed E-state index contributed by atoms with van der Waals surface area (Å²) in [6, 6.07) is 12.9. The van der Waals surface area contributed by atoms with Crippen LogP contribution in [0.2, 0.25) is 0 Å². The monoisotopic (exact) mass is 369 g/mol. The summed E-state index contributed by atoms with van der Waals surface area (Å²) in [4.78, 5) is 38.0. The van der Waals surface area contributed by atoms with Gasteiger partial charge in [-0.15, -0.1) is 0 Å². The van der Waals surface area contributed by atoms with Gasteiger partial charge in [-0.1, -0.05) is 6.07 Å². The van der Waals surface area contributed by atoms with Crippen molar-refractivity contribution in [3.05, 3.63) is 59.7 Å². The van der Waals surface area contributed by atoms with Crippen LogP contribution in [0.3, 0.4) is 0 Å². The Hall–Kier alpha value is -3.35. The number of nitrogens with zero attached hydrogens (tertiary/aromatic N) is 1. The van der Waals surface area contributed by atoms with Crippen LogP contribution in [-0.4, -0.2) is 42.4 Å². The Morgan fingerprint density at radius 3 is 2.30 bits per heavy atom. The Morgan fingerprint density at radius 1 is 1.00 bits per heavy atom. The maximum absolute atomic E-state index is 12.4. The average molecular weight is 369 g/mol. The predicted molar refractivity (Wildman–Crippen MR) is 103 cm³/mol. The molecule has 0 aliphatic carbocycles. The summed E-state index contributed by atoms with van der Waals surface area (Å²) in [5.41, 5.74) is 7.34. The minimum Gasteiger partial charge on any atom is -0.452 e. The van der Waals surface area contributed by atoms with Crippen molar-refractivity contribution in [1.29, 1.82) is 0 Å². The van der Waals surface area contributed by atoms with Crippen LogP contribution < -0.4 is 11.1 Å². The number of esters is 1. The van der Waals surface area contributed by atoms with Crippen LogP contribution in [-0.2, 0) is 9.53 Å². The Kier molecular flexibility index (Phi) is 6.93. The molecule has 0 aromatic heterocycles. The van der Waals surface area contributed by atoms with Crippen molar-refractivity contribution >= 4 is 29.2 Å². The zero-order chi connectivity index (χ0) is 19.8.